The maximum atomic E-state index is 4.22. The molecule has 1 aromatic heterocycles. The summed E-state index contributed by atoms with van der Waals surface area (Å²) in [6.07, 6.45) is 4.18. The first-order valence-corrected chi connectivity index (χ1v) is 5.10. The molecule has 1 rings (SSSR count). The van der Waals surface area contributed by atoms with Gasteiger partial charge in [-0.3, -0.25) is 4.98 Å². The Hall–Kier alpha value is -0.850. The zero-order chi connectivity index (χ0) is 10.1. The van der Waals surface area contributed by atoms with Gasteiger partial charge in [0.25, 0.3) is 0 Å². The minimum atomic E-state index is 0.704. The molecular formula is C12H21N. The lowest BCUT2D eigenvalue weighted by Gasteiger charge is -2.01. The van der Waals surface area contributed by atoms with E-state index in [1.807, 2.05) is 18.3 Å². The fourth-order valence-electron chi connectivity index (χ4n) is 0.937. The van der Waals surface area contributed by atoms with Gasteiger partial charge in [0.2, 0.25) is 0 Å². The molecule has 1 heterocycles. The molecule has 0 saturated heterocycles. The molecule has 0 aliphatic rings. The zero-order valence-corrected chi connectivity index (χ0v) is 9.25. The smallest absolute Gasteiger partial charge is 0.0406 e. The van der Waals surface area contributed by atoms with Gasteiger partial charge < -0.3 is 0 Å². The first-order valence-electron chi connectivity index (χ1n) is 5.10. The molecule has 13 heavy (non-hydrogen) atoms. The minimum Gasteiger partial charge on any atom is -0.261 e. The molecule has 74 valence electrons. The monoisotopic (exact) mass is 179 g/mol. The molecule has 1 nitrogen and oxygen atoms in total. The summed E-state index contributed by atoms with van der Waals surface area (Å²) in [4.78, 5) is 4.22. The van der Waals surface area contributed by atoms with E-state index in [2.05, 4.69) is 38.7 Å². The van der Waals surface area contributed by atoms with E-state index < -0.39 is 0 Å². The second-order valence-corrected chi connectivity index (χ2v) is 3.63. The van der Waals surface area contributed by atoms with Gasteiger partial charge >= 0.3 is 0 Å². The Bertz CT molecular complexity index is 192. The molecule has 1 aromatic rings. The Kier molecular flexibility index (Phi) is 7.27. The number of rotatable bonds is 2. The molecule has 0 unspecified atom stereocenters. The van der Waals surface area contributed by atoms with Crippen molar-refractivity contribution in [3.8, 4) is 0 Å². The van der Waals surface area contributed by atoms with Crippen LogP contribution in [0.2, 0.25) is 0 Å². The lowest BCUT2D eigenvalue weighted by molar-refractivity contribution is 0.635. The first-order chi connectivity index (χ1) is 6.20. The van der Waals surface area contributed by atoms with Gasteiger partial charge in [0.05, 0.1) is 0 Å². The van der Waals surface area contributed by atoms with Crippen molar-refractivity contribution < 1.29 is 0 Å². The van der Waals surface area contributed by atoms with Gasteiger partial charge in [0.1, 0.15) is 0 Å². The van der Waals surface area contributed by atoms with E-state index in [1.54, 1.807) is 0 Å². The first kappa shape index (κ1) is 12.2. The van der Waals surface area contributed by atoms with Crippen LogP contribution in [-0.2, 0) is 6.42 Å². The van der Waals surface area contributed by atoms with Crippen LogP contribution in [0.15, 0.2) is 24.4 Å². The highest BCUT2D eigenvalue weighted by atomic mass is 14.7. The molecule has 0 saturated carbocycles. The van der Waals surface area contributed by atoms with Crippen molar-refractivity contribution >= 4 is 0 Å². The normalized spacial score (nSPS) is 9.31. The third-order valence-electron chi connectivity index (χ3n) is 1.34. The molecule has 0 radical (unpaired) electrons. The third-order valence-corrected chi connectivity index (χ3v) is 1.34. The van der Waals surface area contributed by atoms with E-state index in [-0.39, 0.29) is 0 Å². The Morgan fingerprint density at radius 1 is 1.23 bits per heavy atom. The summed E-state index contributed by atoms with van der Waals surface area (Å²) in [5.74, 6) is 0.704. The number of hydrogen-bond donors (Lipinski definition) is 0. The molecule has 1 heteroatoms. The molecule has 0 aliphatic carbocycles. The van der Waals surface area contributed by atoms with E-state index in [1.165, 1.54) is 12.1 Å². The molecule has 0 spiro atoms. The summed E-state index contributed by atoms with van der Waals surface area (Å²) in [6.45, 7) is 8.66. The Labute approximate surface area is 82.2 Å². The predicted octanol–water partition coefficient (Wildman–Crippen LogP) is 3.70. The SMILES string of the molecule is CC(C)Cc1ccccn1.CCC. The average Bonchev–Trinajstić information content (AvgIpc) is 2.06. The van der Waals surface area contributed by atoms with Gasteiger partial charge in [0, 0.05) is 11.9 Å². The van der Waals surface area contributed by atoms with E-state index in [0.717, 1.165) is 6.42 Å². The van der Waals surface area contributed by atoms with Crippen LogP contribution in [0, 0.1) is 5.92 Å². The van der Waals surface area contributed by atoms with Gasteiger partial charge in [-0.1, -0.05) is 40.2 Å². The maximum absolute atomic E-state index is 4.22. The van der Waals surface area contributed by atoms with Crippen molar-refractivity contribution in [3.63, 3.8) is 0 Å². The third kappa shape index (κ3) is 7.51. The van der Waals surface area contributed by atoms with Crippen LogP contribution in [0.3, 0.4) is 0 Å². The summed E-state index contributed by atoms with van der Waals surface area (Å²) >= 11 is 0. The molecule has 0 amide bonds. The average molecular weight is 179 g/mol. The fraction of sp³-hybridized carbons (Fsp3) is 0.583. The molecule has 0 aliphatic heterocycles. The van der Waals surface area contributed by atoms with E-state index in [4.69, 9.17) is 0 Å². The van der Waals surface area contributed by atoms with Crippen LogP contribution in [0.5, 0.6) is 0 Å². The van der Waals surface area contributed by atoms with Crippen molar-refractivity contribution in [1.82, 2.24) is 4.98 Å². The van der Waals surface area contributed by atoms with Gasteiger partial charge in [-0.25, -0.2) is 0 Å². The van der Waals surface area contributed by atoms with Crippen molar-refractivity contribution in [1.29, 1.82) is 0 Å². The fourth-order valence-corrected chi connectivity index (χ4v) is 0.937. The largest absolute Gasteiger partial charge is 0.261 e. The number of nitrogens with zero attached hydrogens (tertiary/aromatic N) is 1. The van der Waals surface area contributed by atoms with Crippen LogP contribution in [0.25, 0.3) is 0 Å². The highest BCUT2D eigenvalue weighted by Crippen LogP contribution is 2.02. The number of hydrogen-bond acceptors (Lipinski definition) is 1. The molecule has 0 fully saturated rings. The molecule has 0 atom stereocenters. The Balaban J connectivity index is 0.000000424. The standard InChI is InChI=1S/C9H13N.C3H8/c1-8(2)7-9-5-3-4-6-10-9;1-3-2/h3-6,8H,7H2,1-2H3;3H2,1-2H3. The summed E-state index contributed by atoms with van der Waals surface area (Å²) in [7, 11) is 0. The summed E-state index contributed by atoms with van der Waals surface area (Å²) in [5, 5.41) is 0. The van der Waals surface area contributed by atoms with Gasteiger partial charge in [-0.2, -0.15) is 0 Å². The van der Waals surface area contributed by atoms with Gasteiger partial charge in [-0.15, -0.1) is 0 Å². The molecule has 0 bridgehead atoms. The highest BCUT2D eigenvalue weighted by molar-refractivity contribution is 5.03. The van der Waals surface area contributed by atoms with Crippen LogP contribution in [-0.4, -0.2) is 4.98 Å². The van der Waals surface area contributed by atoms with Crippen molar-refractivity contribution in [2.75, 3.05) is 0 Å². The van der Waals surface area contributed by atoms with Crippen molar-refractivity contribution in [2.45, 2.75) is 40.5 Å². The van der Waals surface area contributed by atoms with Gasteiger partial charge in [0.15, 0.2) is 0 Å². The van der Waals surface area contributed by atoms with E-state index >= 15 is 0 Å². The minimum absolute atomic E-state index is 0.704. The predicted molar refractivity (Wildman–Crippen MR) is 58.7 cm³/mol. The van der Waals surface area contributed by atoms with Crippen LogP contribution < -0.4 is 0 Å². The summed E-state index contributed by atoms with van der Waals surface area (Å²) in [6, 6.07) is 6.05. The lowest BCUT2D eigenvalue weighted by atomic mass is 10.1. The highest BCUT2D eigenvalue weighted by Gasteiger charge is 1.95. The Morgan fingerprint density at radius 2 is 1.85 bits per heavy atom. The van der Waals surface area contributed by atoms with Crippen LogP contribution in [0.1, 0.15) is 39.8 Å². The molecule has 0 aromatic carbocycles. The topological polar surface area (TPSA) is 12.9 Å². The maximum Gasteiger partial charge on any atom is 0.0406 e. The van der Waals surface area contributed by atoms with Crippen LogP contribution in [0.4, 0.5) is 0 Å². The Morgan fingerprint density at radius 3 is 2.23 bits per heavy atom. The number of pyridine rings is 1. The van der Waals surface area contributed by atoms with Crippen molar-refractivity contribution in [3.05, 3.63) is 30.1 Å². The van der Waals surface area contributed by atoms with Crippen molar-refractivity contribution in [2.24, 2.45) is 5.92 Å². The quantitative estimate of drug-likeness (QED) is 0.674. The second-order valence-electron chi connectivity index (χ2n) is 3.63. The van der Waals surface area contributed by atoms with E-state index in [0.29, 0.717) is 5.92 Å². The van der Waals surface area contributed by atoms with E-state index in [9.17, 15) is 0 Å². The number of aromatic nitrogens is 1. The zero-order valence-electron chi connectivity index (χ0n) is 9.25. The lowest BCUT2D eigenvalue weighted by Crippen LogP contribution is -1.95. The summed E-state index contributed by atoms with van der Waals surface area (Å²) in [5.41, 5.74) is 1.19. The second kappa shape index (κ2) is 7.78. The summed E-state index contributed by atoms with van der Waals surface area (Å²) < 4.78 is 0. The van der Waals surface area contributed by atoms with Crippen LogP contribution >= 0.6 is 0 Å². The van der Waals surface area contributed by atoms with Gasteiger partial charge in [-0.05, 0) is 24.5 Å². The molecule has 0 N–H and O–H groups in total. The molecular weight excluding hydrogens is 158 g/mol.